The number of nitrogens with zero attached hydrogens (tertiary/aromatic N) is 2. The summed E-state index contributed by atoms with van der Waals surface area (Å²) in [6, 6.07) is 1.63. The van der Waals surface area contributed by atoms with Crippen LogP contribution in [0.3, 0.4) is 0 Å². The molecule has 2 aromatic rings. The van der Waals surface area contributed by atoms with Gasteiger partial charge in [-0.25, -0.2) is 4.98 Å². The Hall–Kier alpha value is -2.41. The van der Waals surface area contributed by atoms with Crippen molar-refractivity contribution in [2.45, 2.75) is 19.5 Å². The SMILES string of the molecule is CNC(=O)c1cc2c(CN3CCNC(=O)C3C)c[nH]c2cn1. The molecule has 0 aliphatic carbocycles. The third-order valence-corrected chi connectivity index (χ3v) is 4.11. The summed E-state index contributed by atoms with van der Waals surface area (Å²) in [5.41, 5.74) is 2.33. The van der Waals surface area contributed by atoms with E-state index in [1.807, 2.05) is 13.1 Å². The fourth-order valence-electron chi connectivity index (χ4n) is 2.73. The summed E-state index contributed by atoms with van der Waals surface area (Å²) >= 11 is 0. The Morgan fingerprint density at radius 1 is 1.55 bits per heavy atom. The third kappa shape index (κ3) is 2.55. The van der Waals surface area contributed by atoms with Crippen molar-refractivity contribution in [3.8, 4) is 0 Å². The molecule has 3 N–H and O–H groups in total. The maximum absolute atomic E-state index is 11.8. The minimum atomic E-state index is -0.209. The number of fused-ring (bicyclic) bond motifs is 1. The lowest BCUT2D eigenvalue weighted by atomic mass is 10.1. The number of H-pyrrole nitrogens is 1. The number of aromatic amines is 1. The number of nitrogens with one attached hydrogen (secondary N) is 3. The van der Waals surface area contributed by atoms with Crippen LogP contribution in [0, 0.1) is 0 Å². The summed E-state index contributed by atoms with van der Waals surface area (Å²) in [4.78, 5) is 32.9. The molecule has 2 amide bonds. The van der Waals surface area contributed by atoms with Gasteiger partial charge in [0.2, 0.25) is 5.91 Å². The van der Waals surface area contributed by atoms with Gasteiger partial charge in [0.05, 0.1) is 17.8 Å². The van der Waals surface area contributed by atoms with Crippen LogP contribution in [0.1, 0.15) is 23.0 Å². The largest absolute Gasteiger partial charge is 0.360 e. The lowest BCUT2D eigenvalue weighted by Gasteiger charge is -2.32. The minimum absolute atomic E-state index is 0.0545. The van der Waals surface area contributed by atoms with E-state index < -0.39 is 0 Å². The molecule has 1 fully saturated rings. The standard InChI is InChI=1S/C15H19N5O2/c1-9-14(21)17-3-4-20(9)8-10-6-18-13-7-19-12(5-11(10)13)15(22)16-2/h5-7,9,18H,3-4,8H2,1-2H3,(H,16,22)(H,17,21). The monoisotopic (exact) mass is 301 g/mol. The zero-order valence-corrected chi connectivity index (χ0v) is 12.6. The molecule has 0 saturated carbocycles. The van der Waals surface area contributed by atoms with E-state index in [1.165, 1.54) is 0 Å². The van der Waals surface area contributed by atoms with Gasteiger partial charge in [-0.1, -0.05) is 0 Å². The maximum Gasteiger partial charge on any atom is 0.269 e. The number of carbonyl (C=O) groups is 2. The summed E-state index contributed by atoms with van der Waals surface area (Å²) in [5.74, 6) is -0.154. The molecule has 0 aromatic carbocycles. The molecule has 1 unspecified atom stereocenters. The van der Waals surface area contributed by atoms with E-state index in [0.29, 0.717) is 18.8 Å². The van der Waals surface area contributed by atoms with Gasteiger partial charge >= 0.3 is 0 Å². The van der Waals surface area contributed by atoms with Crippen LogP contribution in [0.4, 0.5) is 0 Å². The normalized spacial score (nSPS) is 19.2. The summed E-state index contributed by atoms with van der Waals surface area (Å²) in [7, 11) is 1.58. The number of amides is 2. The van der Waals surface area contributed by atoms with Crippen LogP contribution < -0.4 is 10.6 Å². The molecule has 0 bridgehead atoms. The van der Waals surface area contributed by atoms with Crippen LogP contribution in [0.15, 0.2) is 18.5 Å². The quantitative estimate of drug-likeness (QED) is 0.757. The number of hydrogen-bond acceptors (Lipinski definition) is 4. The molecular formula is C15H19N5O2. The fourth-order valence-corrected chi connectivity index (χ4v) is 2.73. The lowest BCUT2D eigenvalue weighted by molar-refractivity contribution is -0.128. The summed E-state index contributed by atoms with van der Waals surface area (Å²) in [5, 5.41) is 6.40. The molecule has 7 nitrogen and oxygen atoms in total. The van der Waals surface area contributed by atoms with Gasteiger partial charge in [-0.05, 0) is 18.6 Å². The van der Waals surface area contributed by atoms with E-state index in [1.54, 1.807) is 19.3 Å². The van der Waals surface area contributed by atoms with E-state index in [9.17, 15) is 9.59 Å². The highest BCUT2D eigenvalue weighted by atomic mass is 16.2. The molecule has 1 saturated heterocycles. The Bertz CT molecular complexity index is 724. The number of hydrogen-bond donors (Lipinski definition) is 3. The molecule has 1 atom stereocenters. The minimum Gasteiger partial charge on any atom is -0.360 e. The van der Waals surface area contributed by atoms with Crippen molar-refractivity contribution in [2.75, 3.05) is 20.1 Å². The lowest BCUT2D eigenvalue weighted by Crippen LogP contribution is -2.53. The van der Waals surface area contributed by atoms with Gasteiger partial charge in [0.25, 0.3) is 5.91 Å². The maximum atomic E-state index is 11.8. The Kier molecular flexibility index (Phi) is 3.81. The van der Waals surface area contributed by atoms with E-state index in [0.717, 1.165) is 23.0 Å². The fraction of sp³-hybridized carbons (Fsp3) is 0.400. The number of rotatable bonds is 3. The predicted molar refractivity (Wildman–Crippen MR) is 82.4 cm³/mol. The Labute approximate surface area is 128 Å². The molecule has 7 heteroatoms. The van der Waals surface area contributed by atoms with Crippen LogP contribution in [0.25, 0.3) is 10.9 Å². The number of pyridine rings is 1. The topological polar surface area (TPSA) is 90.1 Å². The Balaban J connectivity index is 1.90. The first-order valence-electron chi connectivity index (χ1n) is 7.30. The van der Waals surface area contributed by atoms with E-state index >= 15 is 0 Å². The molecule has 22 heavy (non-hydrogen) atoms. The molecule has 1 aliphatic rings. The van der Waals surface area contributed by atoms with E-state index in [-0.39, 0.29) is 17.9 Å². The van der Waals surface area contributed by atoms with E-state index in [4.69, 9.17) is 0 Å². The van der Waals surface area contributed by atoms with Gasteiger partial charge in [-0.15, -0.1) is 0 Å². The van der Waals surface area contributed by atoms with Crippen molar-refractivity contribution in [2.24, 2.45) is 0 Å². The van der Waals surface area contributed by atoms with Crippen molar-refractivity contribution < 1.29 is 9.59 Å². The van der Waals surface area contributed by atoms with Gasteiger partial charge in [-0.2, -0.15) is 0 Å². The molecule has 0 spiro atoms. The molecular weight excluding hydrogens is 282 g/mol. The van der Waals surface area contributed by atoms with Gasteiger partial charge in [-0.3, -0.25) is 14.5 Å². The first-order valence-corrected chi connectivity index (χ1v) is 7.30. The van der Waals surface area contributed by atoms with Crippen LogP contribution in [-0.2, 0) is 11.3 Å². The van der Waals surface area contributed by atoms with Crippen molar-refractivity contribution in [1.29, 1.82) is 0 Å². The van der Waals surface area contributed by atoms with Gasteiger partial charge in [0.15, 0.2) is 0 Å². The van der Waals surface area contributed by atoms with Gasteiger partial charge in [0.1, 0.15) is 5.69 Å². The first-order chi connectivity index (χ1) is 10.6. The van der Waals surface area contributed by atoms with Crippen LogP contribution >= 0.6 is 0 Å². The van der Waals surface area contributed by atoms with Gasteiger partial charge in [0, 0.05) is 38.3 Å². The van der Waals surface area contributed by atoms with Crippen molar-refractivity contribution in [1.82, 2.24) is 25.5 Å². The zero-order valence-electron chi connectivity index (χ0n) is 12.6. The second-order valence-corrected chi connectivity index (χ2v) is 5.45. The molecule has 2 aromatic heterocycles. The average molecular weight is 301 g/mol. The highest BCUT2D eigenvalue weighted by Crippen LogP contribution is 2.21. The van der Waals surface area contributed by atoms with Gasteiger partial charge < -0.3 is 15.6 Å². The molecule has 0 radical (unpaired) electrons. The Morgan fingerprint density at radius 3 is 3.14 bits per heavy atom. The van der Waals surface area contributed by atoms with E-state index in [2.05, 4.69) is 25.5 Å². The number of carbonyl (C=O) groups excluding carboxylic acids is 2. The van der Waals surface area contributed by atoms with Crippen molar-refractivity contribution >= 4 is 22.7 Å². The highest BCUT2D eigenvalue weighted by molar-refractivity contribution is 5.96. The number of aromatic nitrogens is 2. The summed E-state index contributed by atoms with van der Waals surface area (Å²) in [6.45, 7) is 4.04. The van der Waals surface area contributed by atoms with Crippen LogP contribution in [0.2, 0.25) is 0 Å². The zero-order chi connectivity index (χ0) is 15.7. The number of piperazine rings is 1. The third-order valence-electron chi connectivity index (χ3n) is 4.11. The van der Waals surface area contributed by atoms with Crippen molar-refractivity contribution in [3.63, 3.8) is 0 Å². The molecule has 3 rings (SSSR count). The molecule has 1 aliphatic heterocycles. The second-order valence-electron chi connectivity index (χ2n) is 5.45. The first kappa shape index (κ1) is 14.5. The summed E-state index contributed by atoms with van der Waals surface area (Å²) in [6.07, 6.45) is 3.58. The highest BCUT2D eigenvalue weighted by Gasteiger charge is 2.26. The van der Waals surface area contributed by atoms with Crippen LogP contribution in [0.5, 0.6) is 0 Å². The van der Waals surface area contributed by atoms with Crippen LogP contribution in [-0.4, -0.2) is 52.9 Å². The molecule has 3 heterocycles. The average Bonchev–Trinajstić information content (AvgIpc) is 2.93. The second kappa shape index (κ2) is 5.76. The summed E-state index contributed by atoms with van der Waals surface area (Å²) < 4.78 is 0. The molecule has 116 valence electrons. The Morgan fingerprint density at radius 2 is 2.36 bits per heavy atom. The van der Waals surface area contributed by atoms with Crippen molar-refractivity contribution in [3.05, 3.63) is 29.7 Å². The predicted octanol–water partition coefficient (Wildman–Crippen LogP) is 0.243. The smallest absolute Gasteiger partial charge is 0.269 e.